The first-order valence-electron chi connectivity index (χ1n) is 7.07. The maximum Gasteiger partial charge on any atom is 0.310 e. The van der Waals surface area contributed by atoms with Gasteiger partial charge in [-0.25, -0.2) is 0 Å². The molecule has 0 aliphatic carbocycles. The van der Waals surface area contributed by atoms with Crippen molar-refractivity contribution in [1.29, 1.82) is 0 Å². The molecule has 1 aliphatic heterocycles. The van der Waals surface area contributed by atoms with Gasteiger partial charge >= 0.3 is 5.97 Å². The summed E-state index contributed by atoms with van der Waals surface area (Å²) in [5.41, 5.74) is 3.66. The summed E-state index contributed by atoms with van der Waals surface area (Å²) in [4.78, 5) is 11.7. The van der Waals surface area contributed by atoms with Crippen LogP contribution in [0.5, 0.6) is 0 Å². The van der Waals surface area contributed by atoms with Crippen LogP contribution >= 0.6 is 0 Å². The van der Waals surface area contributed by atoms with Crippen LogP contribution in [-0.4, -0.2) is 30.7 Å². The molecular weight excluding hydrogens is 252 g/mol. The van der Waals surface area contributed by atoms with Crippen molar-refractivity contribution in [3.8, 4) is 0 Å². The highest BCUT2D eigenvalue weighted by Crippen LogP contribution is 2.31. The fourth-order valence-corrected chi connectivity index (χ4v) is 3.19. The smallest absolute Gasteiger partial charge is 0.310 e. The molecule has 1 aromatic carbocycles. The van der Waals surface area contributed by atoms with Gasteiger partial charge in [0.25, 0.3) is 0 Å². The molecule has 4 nitrogen and oxygen atoms in total. The third-order valence-electron chi connectivity index (χ3n) is 4.28. The molecule has 0 unspecified atom stereocenters. The fourth-order valence-electron chi connectivity index (χ4n) is 3.19. The Morgan fingerprint density at radius 2 is 2.25 bits per heavy atom. The molecule has 1 N–H and O–H groups in total. The number of rotatable bonds is 3. The lowest BCUT2D eigenvalue weighted by Gasteiger charge is -2.25. The second kappa shape index (κ2) is 5.29. The molecule has 3 rings (SSSR count). The van der Waals surface area contributed by atoms with E-state index in [-0.39, 0.29) is 5.97 Å². The van der Waals surface area contributed by atoms with Gasteiger partial charge in [-0.1, -0.05) is 18.2 Å². The van der Waals surface area contributed by atoms with Gasteiger partial charge in [0.2, 0.25) is 0 Å². The third-order valence-corrected chi connectivity index (χ3v) is 4.28. The zero-order valence-electron chi connectivity index (χ0n) is 12.0. The predicted molar refractivity (Wildman–Crippen MR) is 78.8 cm³/mol. The number of nitrogens with one attached hydrogen (secondary N) is 1. The highest BCUT2D eigenvalue weighted by Gasteiger charge is 2.24. The molecule has 0 saturated carbocycles. The molecule has 106 valence electrons. The number of fused-ring (bicyclic) bond motifs is 3. The van der Waals surface area contributed by atoms with Crippen LogP contribution in [0.15, 0.2) is 24.3 Å². The highest BCUT2D eigenvalue weighted by molar-refractivity contribution is 5.89. The average molecular weight is 272 g/mol. The summed E-state index contributed by atoms with van der Waals surface area (Å²) in [6.45, 7) is 0.966. The average Bonchev–Trinajstić information content (AvgIpc) is 2.81. The van der Waals surface area contributed by atoms with Crippen molar-refractivity contribution in [3.05, 3.63) is 35.5 Å². The molecular formula is C16H20N2O2. The first-order valence-corrected chi connectivity index (χ1v) is 7.07. The van der Waals surface area contributed by atoms with Gasteiger partial charge in [-0.15, -0.1) is 0 Å². The molecule has 4 heteroatoms. The first-order chi connectivity index (χ1) is 9.74. The lowest BCUT2D eigenvalue weighted by atomic mass is 10.0. The molecule has 2 heterocycles. The van der Waals surface area contributed by atoms with E-state index in [1.807, 2.05) is 13.1 Å². The monoisotopic (exact) mass is 272 g/mol. The van der Waals surface area contributed by atoms with E-state index in [4.69, 9.17) is 4.74 Å². The van der Waals surface area contributed by atoms with E-state index in [0.29, 0.717) is 12.5 Å². The van der Waals surface area contributed by atoms with E-state index in [0.717, 1.165) is 24.9 Å². The Bertz CT molecular complexity index is 645. The summed E-state index contributed by atoms with van der Waals surface area (Å²) in [5.74, 6) is -0.167. The number of methoxy groups -OCH3 is 1. The lowest BCUT2D eigenvalue weighted by molar-refractivity contribution is -0.139. The molecule has 1 atom stereocenters. The summed E-state index contributed by atoms with van der Waals surface area (Å²) in [7, 11) is 3.46. The van der Waals surface area contributed by atoms with Crippen molar-refractivity contribution >= 4 is 16.9 Å². The van der Waals surface area contributed by atoms with Crippen molar-refractivity contribution in [2.75, 3.05) is 14.2 Å². The Hall–Kier alpha value is -1.81. The van der Waals surface area contributed by atoms with E-state index < -0.39 is 0 Å². The zero-order valence-corrected chi connectivity index (χ0v) is 12.0. The van der Waals surface area contributed by atoms with Gasteiger partial charge in [-0.2, -0.15) is 0 Å². The maximum absolute atomic E-state index is 11.7. The molecule has 20 heavy (non-hydrogen) atoms. The summed E-state index contributed by atoms with van der Waals surface area (Å²) in [6, 6.07) is 8.83. The van der Waals surface area contributed by atoms with Gasteiger partial charge in [-0.3, -0.25) is 4.79 Å². The van der Waals surface area contributed by atoms with E-state index in [1.165, 1.54) is 23.7 Å². The number of nitrogens with zero attached hydrogens (tertiary/aromatic N) is 1. The van der Waals surface area contributed by atoms with Crippen LogP contribution in [0.2, 0.25) is 0 Å². The number of likely N-dealkylation sites (N-methyl/N-ethyl adjacent to an activating group) is 1. The molecule has 0 spiro atoms. The minimum absolute atomic E-state index is 0.167. The number of esters is 1. The van der Waals surface area contributed by atoms with Gasteiger partial charge < -0.3 is 14.6 Å². The van der Waals surface area contributed by atoms with Crippen molar-refractivity contribution in [2.45, 2.75) is 31.8 Å². The second-order valence-electron chi connectivity index (χ2n) is 5.33. The van der Waals surface area contributed by atoms with E-state index >= 15 is 0 Å². The SMILES string of the molecule is CN[C@H]1CCc2c(CC(=O)OC)c3ccccc3n2C1. The van der Waals surface area contributed by atoms with Gasteiger partial charge in [0, 0.05) is 29.2 Å². The zero-order chi connectivity index (χ0) is 14.1. The van der Waals surface area contributed by atoms with Crippen molar-refractivity contribution in [1.82, 2.24) is 9.88 Å². The van der Waals surface area contributed by atoms with Crippen LogP contribution in [0.4, 0.5) is 0 Å². The first kappa shape index (κ1) is 13.2. The standard InChI is InChI=1S/C16H20N2O2/c1-17-11-7-8-15-13(9-16(19)20-2)12-5-3-4-6-14(12)18(15)10-11/h3-6,11,17H,7-10H2,1-2H3/t11-/m0/s1. The predicted octanol–water partition coefficient (Wildman–Crippen LogP) is 1.89. The third kappa shape index (κ3) is 2.10. The second-order valence-corrected chi connectivity index (χ2v) is 5.33. The van der Waals surface area contributed by atoms with E-state index in [1.54, 1.807) is 0 Å². The topological polar surface area (TPSA) is 43.3 Å². The van der Waals surface area contributed by atoms with Gasteiger partial charge in [0.05, 0.1) is 13.5 Å². The lowest BCUT2D eigenvalue weighted by Crippen LogP contribution is -2.35. The molecule has 0 bridgehead atoms. The van der Waals surface area contributed by atoms with Gasteiger partial charge in [-0.05, 0) is 31.5 Å². The minimum Gasteiger partial charge on any atom is -0.469 e. The largest absolute Gasteiger partial charge is 0.469 e. The van der Waals surface area contributed by atoms with Crippen LogP contribution in [0.3, 0.4) is 0 Å². The molecule has 0 amide bonds. The van der Waals surface area contributed by atoms with E-state index in [2.05, 4.69) is 28.1 Å². The van der Waals surface area contributed by atoms with Gasteiger partial charge in [0.15, 0.2) is 0 Å². The van der Waals surface area contributed by atoms with Crippen LogP contribution < -0.4 is 5.32 Å². The Kier molecular flexibility index (Phi) is 3.49. The summed E-state index contributed by atoms with van der Waals surface area (Å²) < 4.78 is 7.20. The number of carbonyl (C=O) groups is 1. The Labute approximate surface area is 118 Å². The summed E-state index contributed by atoms with van der Waals surface area (Å²) in [6.07, 6.45) is 2.48. The van der Waals surface area contributed by atoms with Crippen molar-refractivity contribution in [3.63, 3.8) is 0 Å². The van der Waals surface area contributed by atoms with Crippen LogP contribution in [-0.2, 0) is 28.9 Å². The van der Waals surface area contributed by atoms with Crippen LogP contribution in [0, 0.1) is 0 Å². The van der Waals surface area contributed by atoms with Crippen LogP contribution in [0.1, 0.15) is 17.7 Å². The normalized spacial score (nSPS) is 18.0. The number of hydrogen-bond acceptors (Lipinski definition) is 3. The number of benzene rings is 1. The minimum atomic E-state index is -0.167. The van der Waals surface area contributed by atoms with Crippen molar-refractivity contribution < 1.29 is 9.53 Å². The number of para-hydroxylation sites is 1. The summed E-state index contributed by atoms with van der Waals surface area (Å²) in [5, 5.41) is 4.54. The quantitative estimate of drug-likeness (QED) is 0.868. The molecule has 1 aliphatic rings. The van der Waals surface area contributed by atoms with Crippen LogP contribution in [0.25, 0.3) is 10.9 Å². The molecule has 2 aromatic rings. The Morgan fingerprint density at radius 1 is 1.45 bits per heavy atom. The molecule has 0 radical (unpaired) electrons. The fraction of sp³-hybridized carbons (Fsp3) is 0.438. The van der Waals surface area contributed by atoms with E-state index in [9.17, 15) is 4.79 Å². The van der Waals surface area contributed by atoms with Crippen molar-refractivity contribution in [2.24, 2.45) is 0 Å². The molecule has 1 aromatic heterocycles. The Balaban J connectivity index is 2.12. The highest BCUT2D eigenvalue weighted by atomic mass is 16.5. The number of hydrogen-bond donors (Lipinski definition) is 1. The Morgan fingerprint density at radius 3 is 3.00 bits per heavy atom. The number of carbonyl (C=O) groups excluding carboxylic acids is 1. The maximum atomic E-state index is 11.7. The number of aromatic nitrogens is 1. The molecule has 0 fully saturated rings. The summed E-state index contributed by atoms with van der Waals surface area (Å²) >= 11 is 0. The van der Waals surface area contributed by atoms with Gasteiger partial charge in [0.1, 0.15) is 0 Å². The number of ether oxygens (including phenoxy) is 1. The molecule has 0 saturated heterocycles.